The summed E-state index contributed by atoms with van der Waals surface area (Å²) < 4.78 is 0. The molecule has 0 spiro atoms. The summed E-state index contributed by atoms with van der Waals surface area (Å²) in [5.74, 6) is 0.309. The van der Waals surface area contributed by atoms with E-state index < -0.39 is 0 Å². The lowest BCUT2D eigenvalue weighted by molar-refractivity contribution is -0.121. The van der Waals surface area contributed by atoms with E-state index >= 15 is 0 Å². The van der Waals surface area contributed by atoms with Gasteiger partial charge in [-0.15, -0.1) is 0 Å². The Balaban J connectivity index is 2.43. The molecule has 3 heteroatoms. The van der Waals surface area contributed by atoms with Gasteiger partial charge in [0.2, 0.25) is 0 Å². The predicted octanol–water partition coefficient (Wildman–Crippen LogP) is 0.189. The highest BCUT2D eigenvalue weighted by molar-refractivity contribution is 7.81. The van der Waals surface area contributed by atoms with Crippen LogP contribution in [0.3, 0.4) is 0 Å². The second kappa shape index (κ2) is 2.71. The monoisotopic (exact) mass is 145 g/mol. The van der Waals surface area contributed by atoms with Crippen molar-refractivity contribution in [2.75, 3.05) is 20.1 Å². The number of ketones is 1. The Bertz CT molecular complexity index is 114. The average Bonchev–Trinajstić information content (AvgIpc) is 1.59. The van der Waals surface area contributed by atoms with Crippen molar-refractivity contribution >= 4 is 18.4 Å². The van der Waals surface area contributed by atoms with Crippen LogP contribution in [0.1, 0.15) is 6.42 Å². The van der Waals surface area contributed by atoms with Gasteiger partial charge in [-0.2, -0.15) is 12.6 Å². The smallest absolute Gasteiger partial charge is 0.147 e. The maximum Gasteiger partial charge on any atom is 0.147 e. The van der Waals surface area contributed by atoms with E-state index in [0.717, 1.165) is 6.54 Å². The van der Waals surface area contributed by atoms with E-state index in [1.54, 1.807) is 0 Å². The predicted molar refractivity (Wildman–Crippen MR) is 39.9 cm³/mol. The van der Waals surface area contributed by atoms with E-state index in [-0.39, 0.29) is 5.25 Å². The lowest BCUT2D eigenvalue weighted by Gasteiger charge is -2.25. The van der Waals surface area contributed by atoms with Gasteiger partial charge in [0.25, 0.3) is 0 Å². The minimum Gasteiger partial charge on any atom is -0.298 e. The second-order valence-corrected chi connectivity index (χ2v) is 3.32. The molecule has 0 aromatic carbocycles. The van der Waals surface area contributed by atoms with Gasteiger partial charge in [-0.1, -0.05) is 0 Å². The molecule has 9 heavy (non-hydrogen) atoms. The lowest BCUT2D eigenvalue weighted by atomic mass is 10.1. The number of carbonyl (C=O) groups is 1. The van der Waals surface area contributed by atoms with Crippen molar-refractivity contribution in [3.63, 3.8) is 0 Å². The molecule has 2 nitrogen and oxygen atoms in total. The molecular weight excluding hydrogens is 134 g/mol. The highest BCUT2D eigenvalue weighted by Crippen LogP contribution is 2.09. The zero-order valence-corrected chi connectivity index (χ0v) is 6.40. The molecule has 0 radical (unpaired) electrons. The molecule has 1 saturated heterocycles. The minimum absolute atomic E-state index is 0.260. The number of thiol groups is 1. The van der Waals surface area contributed by atoms with E-state index in [1.807, 2.05) is 11.9 Å². The first-order chi connectivity index (χ1) is 4.18. The molecule has 0 amide bonds. The third-order valence-electron chi connectivity index (χ3n) is 1.43. The van der Waals surface area contributed by atoms with E-state index in [2.05, 4.69) is 12.6 Å². The van der Waals surface area contributed by atoms with Crippen molar-refractivity contribution in [1.82, 2.24) is 4.90 Å². The van der Waals surface area contributed by atoms with Gasteiger partial charge in [-0.05, 0) is 7.05 Å². The molecule has 1 rings (SSSR count). The Kier molecular flexibility index (Phi) is 2.13. The van der Waals surface area contributed by atoms with Gasteiger partial charge in [0.1, 0.15) is 5.78 Å². The molecule has 1 heterocycles. The zero-order chi connectivity index (χ0) is 6.85. The highest BCUT2D eigenvalue weighted by atomic mass is 32.1. The molecule has 1 aliphatic heterocycles. The molecule has 0 aliphatic carbocycles. The number of Topliss-reactive ketones (excluding diaryl/α,β-unsaturated/α-hetero) is 1. The average molecular weight is 145 g/mol. The number of piperidine rings is 1. The molecule has 1 fully saturated rings. The van der Waals surface area contributed by atoms with Crippen LogP contribution in [-0.2, 0) is 4.79 Å². The molecule has 1 aliphatic rings. The second-order valence-electron chi connectivity index (χ2n) is 2.59. The number of rotatable bonds is 0. The van der Waals surface area contributed by atoms with Gasteiger partial charge in [0.15, 0.2) is 0 Å². The fraction of sp³-hybridized carbons (Fsp3) is 0.833. The standard InChI is InChI=1S/C6H11NOS/c1-7-3-5(8)2-6(9)4-7/h6,9H,2-4H2,1H3. The van der Waals surface area contributed by atoms with Crippen molar-refractivity contribution in [1.29, 1.82) is 0 Å². The molecule has 1 atom stereocenters. The zero-order valence-electron chi connectivity index (χ0n) is 5.50. The van der Waals surface area contributed by atoms with Crippen LogP contribution in [0.15, 0.2) is 0 Å². The van der Waals surface area contributed by atoms with Crippen LogP contribution in [0.25, 0.3) is 0 Å². The summed E-state index contributed by atoms with van der Waals surface area (Å²) in [6, 6.07) is 0. The van der Waals surface area contributed by atoms with Crippen LogP contribution in [0, 0.1) is 0 Å². The Morgan fingerprint density at radius 3 is 2.89 bits per heavy atom. The van der Waals surface area contributed by atoms with E-state index in [0.29, 0.717) is 18.7 Å². The Hall–Kier alpha value is -0.0200. The quantitative estimate of drug-likeness (QED) is 0.491. The first kappa shape index (κ1) is 7.09. The summed E-state index contributed by atoms with van der Waals surface area (Å²) >= 11 is 4.22. The van der Waals surface area contributed by atoms with E-state index in [4.69, 9.17) is 0 Å². The van der Waals surface area contributed by atoms with Gasteiger partial charge in [0.05, 0.1) is 6.54 Å². The number of likely N-dealkylation sites (N-methyl/N-ethyl adjacent to an activating group) is 1. The molecule has 0 bridgehead atoms. The third kappa shape index (κ3) is 1.99. The fourth-order valence-electron chi connectivity index (χ4n) is 1.12. The summed E-state index contributed by atoms with van der Waals surface area (Å²) in [6.07, 6.45) is 0.646. The number of likely N-dealkylation sites (tertiary alicyclic amines) is 1. The van der Waals surface area contributed by atoms with Crippen LogP contribution >= 0.6 is 12.6 Å². The number of hydrogen-bond acceptors (Lipinski definition) is 3. The third-order valence-corrected chi connectivity index (χ3v) is 1.78. The summed E-state index contributed by atoms with van der Waals surface area (Å²) in [6.45, 7) is 1.55. The minimum atomic E-state index is 0.260. The van der Waals surface area contributed by atoms with Gasteiger partial charge < -0.3 is 0 Å². The first-order valence-corrected chi connectivity index (χ1v) is 3.58. The van der Waals surface area contributed by atoms with Gasteiger partial charge in [-0.3, -0.25) is 9.69 Å². The molecule has 52 valence electrons. The maximum atomic E-state index is 10.8. The van der Waals surface area contributed by atoms with Crippen LogP contribution in [-0.4, -0.2) is 36.1 Å². The number of nitrogens with zero attached hydrogens (tertiary/aromatic N) is 1. The van der Waals surface area contributed by atoms with Crippen molar-refractivity contribution in [2.24, 2.45) is 0 Å². The first-order valence-electron chi connectivity index (χ1n) is 3.07. The van der Waals surface area contributed by atoms with Crippen molar-refractivity contribution < 1.29 is 4.79 Å². The van der Waals surface area contributed by atoms with Crippen LogP contribution in [0.4, 0.5) is 0 Å². The molecule has 0 aromatic rings. The largest absolute Gasteiger partial charge is 0.298 e. The van der Waals surface area contributed by atoms with Crippen LogP contribution < -0.4 is 0 Å². The van der Waals surface area contributed by atoms with Crippen molar-refractivity contribution in [3.05, 3.63) is 0 Å². The number of carbonyl (C=O) groups excluding carboxylic acids is 1. The fourth-order valence-corrected chi connectivity index (χ4v) is 1.60. The molecule has 1 unspecified atom stereocenters. The Morgan fingerprint density at radius 2 is 2.44 bits per heavy atom. The molecule has 0 saturated carbocycles. The van der Waals surface area contributed by atoms with Gasteiger partial charge in [0, 0.05) is 18.2 Å². The summed E-state index contributed by atoms with van der Waals surface area (Å²) in [5.41, 5.74) is 0. The van der Waals surface area contributed by atoms with Gasteiger partial charge in [-0.25, -0.2) is 0 Å². The molecular formula is C6H11NOS. The highest BCUT2D eigenvalue weighted by Gasteiger charge is 2.19. The summed E-state index contributed by atoms with van der Waals surface area (Å²) in [7, 11) is 1.94. The van der Waals surface area contributed by atoms with Crippen molar-refractivity contribution in [2.45, 2.75) is 11.7 Å². The van der Waals surface area contributed by atoms with Crippen LogP contribution in [0.2, 0.25) is 0 Å². The Labute approximate surface area is 60.6 Å². The van der Waals surface area contributed by atoms with E-state index in [9.17, 15) is 4.79 Å². The van der Waals surface area contributed by atoms with Crippen molar-refractivity contribution in [3.8, 4) is 0 Å². The lowest BCUT2D eigenvalue weighted by Crippen LogP contribution is -2.38. The Morgan fingerprint density at radius 1 is 1.78 bits per heavy atom. The normalized spacial score (nSPS) is 30.9. The van der Waals surface area contributed by atoms with Crippen LogP contribution in [0.5, 0.6) is 0 Å². The molecule has 0 N–H and O–H groups in total. The maximum absolute atomic E-state index is 10.8. The number of hydrogen-bond donors (Lipinski definition) is 1. The van der Waals surface area contributed by atoms with E-state index in [1.165, 1.54) is 0 Å². The summed E-state index contributed by atoms with van der Waals surface area (Å²) in [4.78, 5) is 12.8. The topological polar surface area (TPSA) is 20.3 Å². The SMILES string of the molecule is CN1CC(=O)CC(S)C1. The molecule has 0 aromatic heterocycles. The summed E-state index contributed by atoms with van der Waals surface area (Å²) in [5, 5.41) is 0.260. The van der Waals surface area contributed by atoms with Gasteiger partial charge >= 0.3 is 0 Å².